The fourth-order valence-electron chi connectivity index (χ4n) is 1.13. The lowest BCUT2D eigenvalue weighted by Gasteiger charge is -2.16. The molecule has 0 saturated carbocycles. The number of rotatable bonds is 3. The van der Waals surface area contributed by atoms with E-state index < -0.39 is 22.9 Å². The van der Waals surface area contributed by atoms with Crippen molar-refractivity contribution >= 4 is 5.91 Å². The molecule has 0 heterocycles. The zero-order chi connectivity index (χ0) is 13.1. The summed E-state index contributed by atoms with van der Waals surface area (Å²) in [5, 5.41) is 20.7. The van der Waals surface area contributed by atoms with E-state index in [-0.39, 0.29) is 12.1 Å². The monoisotopic (exact) mass is 236 g/mol. The number of nitrogens with one attached hydrogen (secondary N) is 1. The molecule has 4 nitrogen and oxygen atoms in total. The topological polar surface area (TPSA) is 73.1 Å². The molecule has 1 aromatic carbocycles. The highest BCUT2D eigenvalue weighted by Crippen LogP contribution is 2.18. The molecule has 0 aromatic heterocycles. The molecule has 5 heteroatoms. The predicted octanol–water partition coefficient (Wildman–Crippen LogP) is 1.81. The van der Waals surface area contributed by atoms with Crippen LogP contribution in [0.25, 0.3) is 0 Å². The van der Waals surface area contributed by atoms with Crippen molar-refractivity contribution < 1.29 is 14.3 Å². The SMILES string of the molecule is CC(C)(C#N)CNC(=O)c1ccc(F)cc1O. The van der Waals surface area contributed by atoms with E-state index in [1.54, 1.807) is 13.8 Å². The molecule has 0 bridgehead atoms. The van der Waals surface area contributed by atoms with Crippen molar-refractivity contribution in [1.82, 2.24) is 5.32 Å². The Morgan fingerprint density at radius 2 is 2.24 bits per heavy atom. The molecular formula is C12H13FN2O2. The van der Waals surface area contributed by atoms with Crippen LogP contribution in [0.4, 0.5) is 4.39 Å². The normalized spacial score (nSPS) is 10.7. The molecule has 1 aromatic rings. The van der Waals surface area contributed by atoms with Crippen molar-refractivity contribution in [3.63, 3.8) is 0 Å². The Labute approximate surface area is 98.7 Å². The summed E-state index contributed by atoms with van der Waals surface area (Å²) in [4.78, 5) is 11.6. The quantitative estimate of drug-likeness (QED) is 0.840. The van der Waals surface area contributed by atoms with E-state index in [0.717, 1.165) is 12.1 Å². The van der Waals surface area contributed by atoms with Gasteiger partial charge in [-0.2, -0.15) is 5.26 Å². The zero-order valence-electron chi connectivity index (χ0n) is 9.62. The molecular weight excluding hydrogens is 223 g/mol. The summed E-state index contributed by atoms with van der Waals surface area (Å²) >= 11 is 0. The van der Waals surface area contributed by atoms with Gasteiger partial charge in [-0.3, -0.25) is 4.79 Å². The molecule has 0 saturated heterocycles. The van der Waals surface area contributed by atoms with Crippen molar-refractivity contribution in [1.29, 1.82) is 5.26 Å². The number of benzene rings is 1. The minimum atomic E-state index is -0.689. The Kier molecular flexibility index (Phi) is 3.69. The minimum absolute atomic E-state index is 0.0138. The highest BCUT2D eigenvalue weighted by Gasteiger charge is 2.19. The molecule has 0 atom stereocenters. The fourth-order valence-corrected chi connectivity index (χ4v) is 1.13. The first kappa shape index (κ1) is 13.0. The Morgan fingerprint density at radius 1 is 1.59 bits per heavy atom. The van der Waals surface area contributed by atoms with Gasteiger partial charge >= 0.3 is 0 Å². The maximum absolute atomic E-state index is 12.7. The molecule has 90 valence electrons. The molecule has 2 N–H and O–H groups in total. The van der Waals surface area contributed by atoms with Crippen molar-refractivity contribution in [2.45, 2.75) is 13.8 Å². The number of carbonyl (C=O) groups excluding carboxylic acids is 1. The molecule has 0 radical (unpaired) electrons. The van der Waals surface area contributed by atoms with E-state index >= 15 is 0 Å². The Morgan fingerprint density at radius 3 is 2.76 bits per heavy atom. The third kappa shape index (κ3) is 3.45. The van der Waals surface area contributed by atoms with Gasteiger partial charge in [0.1, 0.15) is 11.6 Å². The van der Waals surface area contributed by atoms with Crippen LogP contribution in [0.15, 0.2) is 18.2 Å². The van der Waals surface area contributed by atoms with Gasteiger partial charge in [-0.15, -0.1) is 0 Å². The minimum Gasteiger partial charge on any atom is -0.507 e. The van der Waals surface area contributed by atoms with Crippen LogP contribution in [0.5, 0.6) is 5.75 Å². The predicted molar refractivity (Wildman–Crippen MR) is 59.8 cm³/mol. The molecule has 1 amide bonds. The van der Waals surface area contributed by atoms with Crippen LogP contribution in [0.3, 0.4) is 0 Å². The van der Waals surface area contributed by atoms with Crippen molar-refractivity contribution in [2.24, 2.45) is 5.41 Å². The van der Waals surface area contributed by atoms with Crippen LogP contribution in [-0.4, -0.2) is 17.6 Å². The summed E-state index contributed by atoms with van der Waals surface area (Å²) < 4.78 is 12.7. The molecule has 1 rings (SSSR count). The number of carbonyl (C=O) groups is 1. The maximum Gasteiger partial charge on any atom is 0.255 e. The van der Waals surface area contributed by atoms with E-state index in [2.05, 4.69) is 5.32 Å². The Balaban J connectivity index is 2.75. The molecule has 0 aliphatic carbocycles. The summed E-state index contributed by atoms with van der Waals surface area (Å²) in [7, 11) is 0. The van der Waals surface area contributed by atoms with Crippen molar-refractivity contribution in [3.8, 4) is 11.8 Å². The van der Waals surface area contributed by atoms with Gasteiger partial charge in [-0.25, -0.2) is 4.39 Å². The van der Waals surface area contributed by atoms with E-state index in [4.69, 9.17) is 5.26 Å². The molecule has 17 heavy (non-hydrogen) atoms. The smallest absolute Gasteiger partial charge is 0.255 e. The summed E-state index contributed by atoms with van der Waals surface area (Å²) in [6.45, 7) is 3.51. The standard InChI is InChI=1S/C12H13FN2O2/c1-12(2,6-14)7-15-11(17)9-4-3-8(13)5-10(9)16/h3-5,16H,7H2,1-2H3,(H,15,17). The third-order valence-corrected chi connectivity index (χ3v) is 2.20. The zero-order valence-corrected chi connectivity index (χ0v) is 9.62. The summed E-state index contributed by atoms with van der Waals surface area (Å²) in [6.07, 6.45) is 0. The van der Waals surface area contributed by atoms with Gasteiger partial charge in [-0.1, -0.05) is 0 Å². The van der Waals surface area contributed by atoms with Gasteiger partial charge in [-0.05, 0) is 26.0 Å². The van der Waals surface area contributed by atoms with Gasteiger partial charge in [0.05, 0.1) is 17.0 Å². The van der Waals surface area contributed by atoms with E-state index in [9.17, 15) is 14.3 Å². The van der Waals surface area contributed by atoms with Crippen LogP contribution >= 0.6 is 0 Å². The maximum atomic E-state index is 12.7. The fraction of sp³-hybridized carbons (Fsp3) is 0.333. The second kappa shape index (κ2) is 4.83. The summed E-state index contributed by atoms with van der Waals surface area (Å²) in [5.41, 5.74) is -0.703. The summed E-state index contributed by atoms with van der Waals surface area (Å²) in [6, 6.07) is 5.18. The van der Waals surface area contributed by atoms with Crippen LogP contribution in [0.1, 0.15) is 24.2 Å². The van der Waals surface area contributed by atoms with E-state index in [1.165, 1.54) is 6.07 Å². The van der Waals surface area contributed by atoms with Gasteiger partial charge < -0.3 is 10.4 Å². The number of phenolic OH excluding ortho intramolecular Hbond substituents is 1. The second-order valence-electron chi connectivity index (χ2n) is 4.34. The van der Waals surface area contributed by atoms with Gasteiger partial charge in [0.2, 0.25) is 0 Å². The number of amides is 1. The van der Waals surface area contributed by atoms with Crippen LogP contribution < -0.4 is 5.32 Å². The van der Waals surface area contributed by atoms with Crippen LogP contribution in [0, 0.1) is 22.6 Å². The first-order chi connectivity index (χ1) is 7.85. The van der Waals surface area contributed by atoms with Crippen molar-refractivity contribution in [2.75, 3.05) is 6.54 Å². The first-order valence-electron chi connectivity index (χ1n) is 5.04. The Bertz CT molecular complexity index is 478. The average Bonchev–Trinajstić information content (AvgIpc) is 2.26. The largest absolute Gasteiger partial charge is 0.507 e. The number of halogens is 1. The van der Waals surface area contributed by atoms with Crippen LogP contribution in [0.2, 0.25) is 0 Å². The highest BCUT2D eigenvalue weighted by molar-refractivity contribution is 5.96. The lowest BCUT2D eigenvalue weighted by molar-refractivity contribution is 0.0941. The molecule has 0 spiro atoms. The molecule has 0 fully saturated rings. The van der Waals surface area contributed by atoms with Crippen molar-refractivity contribution in [3.05, 3.63) is 29.6 Å². The second-order valence-corrected chi connectivity index (χ2v) is 4.34. The molecule has 0 aliphatic heterocycles. The number of phenols is 1. The first-order valence-corrected chi connectivity index (χ1v) is 5.04. The highest BCUT2D eigenvalue weighted by atomic mass is 19.1. The van der Waals surface area contributed by atoms with Gasteiger partial charge in [0.25, 0.3) is 5.91 Å². The number of hydrogen-bond acceptors (Lipinski definition) is 3. The lowest BCUT2D eigenvalue weighted by Crippen LogP contribution is -2.33. The molecule has 0 aliphatic rings. The third-order valence-electron chi connectivity index (χ3n) is 2.20. The van der Waals surface area contributed by atoms with Gasteiger partial charge in [0.15, 0.2) is 0 Å². The molecule has 0 unspecified atom stereocenters. The van der Waals surface area contributed by atoms with E-state index in [1.807, 2.05) is 6.07 Å². The lowest BCUT2D eigenvalue weighted by atomic mass is 9.96. The summed E-state index contributed by atoms with van der Waals surface area (Å²) in [5.74, 6) is -1.57. The Hall–Kier alpha value is -2.09. The number of hydrogen-bond donors (Lipinski definition) is 2. The number of aromatic hydroxyl groups is 1. The average molecular weight is 236 g/mol. The van der Waals surface area contributed by atoms with Crippen LogP contribution in [-0.2, 0) is 0 Å². The van der Waals surface area contributed by atoms with E-state index in [0.29, 0.717) is 0 Å². The van der Waals surface area contributed by atoms with Gasteiger partial charge in [0, 0.05) is 12.6 Å². The number of nitrogens with zero attached hydrogens (tertiary/aromatic N) is 1. The number of nitriles is 1.